The van der Waals surface area contributed by atoms with Crippen LogP contribution >= 0.6 is 0 Å². The highest BCUT2D eigenvalue weighted by molar-refractivity contribution is 4.87. The standard InChI is InChI=1S/C17H34N2/c1-14-9-16(11-17(3,4)10-14)18-12-15(2)13-19-7-5-6-8-19/h14-16,18H,5-13H2,1-4H3. The van der Waals surface area contributed by atoms with Crippen molar-refractivity contribution in [1.29, 1.82) is 0 Å². The molecular weight excluding hydrogens is 232 g/mol. The van der Waals surface area contributed by atoms with E-state index in [9.17, 15) is 0 Å². The van der Waals surface area contributed by atoms with E-state index < -0.39 is 0 Å². The molecule has 3 atom stereocenters. The van der Waals surface area contributed by atoms with Crippen LogP contribution in [0.5, 0.6) is 0 Å². The van der Waals surface area contributed by atoms with Crippen LogP contribution < -0.4 is 5.32 Å². The highest BCUT2D eigenvalue weighted by Gasteiger charge is 2.31. The summed E-state index contributed by atoms with van der Waals surface area (Å²) in [5.74, 6) is 1.67. The molecule has 3 unspecified atom stereocenters. The molecule has 2 nitrogen and oxygen atoms in total. The van der Waals surface area contributed by atoms with Crippen molar-refractivity contribution in [2.75, 3.05) is 26.2 Å². The van der Waals surface area contributed by atoms with Crippen LogP contribution in [-0.4, -0.2) is 37.1 Å². The first-order valence-corrected chi connectivity index (χ1v) is 8.40. The van der Waals surface area contributed by atoms with Crippen LogP contribution in [0.25, 0.3) is 0 Å². The Bertz CT molecular complexity index is 268. The summed E-state index contributed by atoms with van der Waals surface area (Å²) in [6, 6.07) is 0.750. The molecule has 2 rings (SSSR count). The van der Waals surface area contributed by atoms with Crippen LogP contribution in [0.3, 0.4) is 0 Å². The summed E-state index contributed by atoms with van der Waals surface area (Å²) in [5.41, 5.74) is 0.535. The number of nitrogens with zero attached hydrogens (tertiary/aromatic N) is 1. The van der Waals surface area contributed by atoms with Crippen molar-refractivity contribution in [2.45, 2.75) is 65.8 Å². The van der Waals surface area contributed by atoms with Crippen LogP contribution in [0.1, 0.15) is 59.8 Å². The van der Waals surface area contributed by atoms with Gasteiger partial charge in [-0.25, -0.2) is 0 Å². The lowest BCUT2D eigenvalue weighted by Crippen LogP contribution is -2.43. The number of nitrogens with one attached hydrogen (secondary N) is 1. The fraction of sp³-hybridized carbons (Fsp3) is 1.00. The van der Waals surface area contributed by atoms with Crippen molar-refractivity contribution >= 4 is 0 Å². The summed E-state index contributed by atoms with van der Waals surface area (Å²) >= 11 is 0. The third-order valence-corrected chi connectivity index (χ3v) is 4.91. The van der Waals surface area contributed by atoms with Crippen LogP contribution in [0.15, 0.2) is 0 Å². The molecule has 1 saturated carbocycles. The van der Waals surface area contributed by atoms with E-state index in [2.05, 4.69) is 37.9 Å². The molecule has 1 aliphatic heterocycles. The Morgan fingerprint density at radius 3 is 2.53 bits per heavy atom. The Morgan fingerprint density at radius 1 is 1.21 bits per heavy atom. The van der Waals surface area contributed by atoms with Crippen LogP contribution in [0.4, 0.5) is 0 Å². The molecule has 1 N–H and O–H groups in total. The van der Waals surface area contributed by atoms with Gasteiger partial charge in [0, 0.05) is 12.6 Å². The molecule has 0 amide bonds. The molecule has 1 heterocycles. The number of rotatable bonds is 5. The predicted octanol–water partition coefficient (Wildman–Crippen LogP) is 3.52. The van der Waals surface area contributed by atoms with Gasteiger partial charge in [0.25, 0.3) is 0 Å². The van der Waals surface area contributed by atoms with Crippen LogP contribution in [0, 0.1) is 17.3 Å². The Hall–Kier alpha value is -0.0800. The second-order valence-corrected chi connectivity index (χ2v) is 8.13. The minimum Gasteiger partial charge on any atom is -0.314 e. The van der Waals surface area contributed by atoms with Gasteiger partial charge in [0.05, 0.1) is 0 Å². The number of hydrogen-bond donors (Lipinski definition) is 1. The average molecular weight is 266 g/mol. The van der Waals surface area contributed by atoms with Gasteiger partial charge in [-0.2, -0.15) is 0 Å². The van der Waals surface area contributed by atoms with Crippen molar-refractivity contribution < 1.29 is 0 Å². The quantitative estimate of drug-likeness (QED) is 0.819. The highest BCUT2D eigenvalue weighted by Crippen LogP contribution is 2.38. The molecule has 2 aliphatic rings. The molecule has 2 heteroatoms. The van der Waals surface area contributed by atoms with Crippen molar-refractivity contribution in [1.82, 2.24) is 10.2 Å². The first kappa shape index (κ1) is 15.3. The topological polar surface area (TPSA) is 15.3 Å². The molecule has 0 spiro atoms. The normalized spacial score (nSPS) is 33.5. The maximum absolute atomic E-state index is 3.85. The van der Waals surface area contributed by atoms with E-state index in [0.29, 0.717) is 5.41 Å². The van der Waals surface area contributed by atoms with E-state index in [4.69, 9.17) is 0 Å². The van der Waals surface area contributed by atoms with Crippen molar-refractivity contribution in [3.63, 3.8) is 0 Å². The molecule has 0 aromatic heterocycles. The minimum absolute atomic E-state index is 0.535. The molecule has 19 heavy (non-hydrogen) atoms. The molecular formula is C17H34N2. The second-order valence-electron chi connectivity index (χ2n) is 8.13. The second kappa shape index (κ2) is 6.58. The Morgan fingerprint density at radius 2 is 1.89 bits per heavy atom. The summed E-state index contributed by atoms with van der Waals surface area (Å²) in [4.78, 5) is 2.64. The summed E-state index contributed by atoms with van der Waals surface area (Å²) in [6.07, 6.45) is 6.95. The van der Waals surface area contributed by atoms with Gasteiger partial charge in [0.2, 0.25) is 0 Å². The lowest BCUT2D eigenvalue weighted by molar-refractivity contribution is 0.147. The van der Waals surface area contributed by atoms with Gasteiger partial charge in [-0.05, 0) is 69.0 Å². The third kappa shape index (κ3) is 5.07. The minimum atomic E-state index is 0.535. The van der Waals surface area contributed by atoms with Crippen molar-refractivity contribution in [3.8, 4) is 0 Å². The van der Waals surface area contributed by atoms with E-state index in [1.807, 2.05) is 0 Å². The molecule has 0 radical (unpaired) electrons. The van der Waals surface area contributed by atoms with Gasteiger partial charge in [0.15, 0.2) is 0 Å². The zero-order chi connectivity index (χ0) is 13.9. The zero-order valence-corrected chi connectivity index (χ0v) is 13.5. The lowest BCUT2D eigenvalue weighted by Gasteiger charge is -2.40. The maximum atomic E-state index is 3.85. The Labute approximate surface area is 120 Å². The molecule has 0 aromatic carbocycles. The lowest BCUT2D eigenvalue weighted by atomic mass is 9.70. The first-order chi connectivity index (χ1) is 8.94. The monoisotopic (exact) mass is 266 g/mol. The van der Waals surface area contributed by atoms with Crippen LogP contribution in [0.2, 0.25) is 0 Å². The highest BCUT2D eigenvalue weighted by atomic mass is 15.1. The average Bonchev–Trinajstić information content (AvgIpc) is 2.76. The molecule has 0 bridgehead atoms. The fourth-order valence-corrected chi connectivity index (χ4v) is 4.34. The van der Waals surface area contributed by atoms with E-state index in [-0.39, 0.29) is 0 Å². The molecule has 0 aromatic rings. The van der Waals surface area contributed by atoms with Crippen molar-refractivity contribution in [3.05, 3.63) is 0 Å². The fourth-order valence-electron chi connectivity index (χ4n) is 4.34. The zero-order valence-electron chi connectivity index (χ0n) is 13.5. The van der Waals surface area contributed by atoms with Crippen molar-refractivity contribution in [2.24, 2.45) is 17.3 Å². The van der Waals surface area contributed by atoms with E-state index in [0.717, 1.165) is 17.9 Å². The van der Waals surface area contributed by atoms with E-state index >= 15 is 0 Å². The molecule has 112 valence electrons. The Balaban J connectivity index is 1.69. The third-order valence-electron chi connectivity index (χ3n) is 4.91. The molecule has 1 aliphatic carbocycles. The molecule has 2 fully saturated rings. The van der Waals surface area contributed by atoms with E-state index in [1.54, 1.807) is 0 Å². The SMILES string of the molecule is CC(CNC1CC(C)CC(C)(C)C1)CN1CCCC1. The predicted molar refractivity (Wildman–Crippen MR) is 83.4 cm³/mol. The van der Waals surface area contributed by atoms with Crippen LogP contribution in [-0.2, 0) is 0 Å². The Kier molecular flexibility index (Phi) is 5.30. The smallest absolute Gasteiger partial charge is 0.00748 e. The maximum Gasteiger partial charge on any atom is 0.00748 e. The number of likely N-dealkylation sites (tertiary alicyclic amines) is 1. The van der Waals surface area contributed by atoms with Gasteiger partial charge in [-0.1, -0.05) is 27.7 Å². The number of hydrogen-bond acceptors (Lipinski definition) is 2. The largest absolute Gasteiger partial charge is 0.314 e. The summed E-state index contributed by atoms with van der Waals surface area (Å²) in [7, 11) is 0. The summed E-state index contributed by atoms with van der Waals surface area (Å²) in [5, 5.41) is 3.85. The van der Waals surface area contributed by atoms with Gasteiger partial charge in [-0.3, -0.25) is 0 Å². The molecule has 1 saturated heterocycles. The summed E-state index contributed by atoms with van der Waals surface area (Å²) < 4.78 is 0. The van der Waals surface area contributed by atoms with Gasteiger partial charge >= 0.3 is 0 Å². The first-order valence-electron chi connectivity index (χ1n) is 8.40. The van der Waals surface area contributed by atoms with Gasteiger partial charge < -0.3 is 10.2 Å². The summed E-state index contributed by atoms with van der Waals surface area (Å²) in [6.45, 7) is 14.8. The van der Waals surface area contributed by atoms with Gasteiger partial charge in [-0.15, -0.1) is 0 Å². The van der Waals surface area contributed by atoms with E-state index in [1.165, 1.54) is 58.3 Å². The van der Waals surface area contributed by atoms with Gasteiger partial charge in [0.1, 0.15) is 0 Å².